The van der Waals surface area contributed by atoms with Gasteiger partial charge in [-0.25, -0.2) is 0 Å². The van der Waals surface area contributed by atoms with Crippen molar-refractivity contribution in [3.05, 3.63) is 23.8 Å². The SMILES string of the molecule is CCCCCCCCCC(CC)c1ccc(O)cc1O. The second-order valence-corrected chi connectivity index (χ2v) is 5.76. The Bertz CT molecular complexity index is 374. The number of benzene rings is 1. The number of phenolic OH excluding ortho intramolecular Hbond substituents is 2. The van der Waals surface area contributed by atoms with E-state index in [1.54, 1.807) is 6.07 Å². The van der Waals surface area contributed by atoms with Gasteiger partial charge < -0.3 is 10.2 Å². The zero-order valence-electron chi connectivity index (χ0n) is 13.1. The summed E-state index contributed by atoms with van der Waals surface area (Å²) in [4.78, 5) is 0. The molecule has 0 aromatic heterocycles. The van der Waals surface area contributed by atoms with Gasteiger partial charge in [0.2, 0.25) is 0 Å². The van der Waals surface area contributed by atoms with Gasteiger partial charge >= 0.3 is 0 Å². The third kappa shape index (κ3) is 5.85. The van der Waals surface area contributed by atoms with Gasteiger partial charge in [-0.1, -0.05) is 64.9 Å². The number of hydrogen-bond acceptors (Lipinski definition) is 2. The highest BCUT2D eigenvalue weighted by Crippen LogP contribution is 2.34. The maximum absolute atomic E-state index is 9.93. The quantitative estimate of drug-likeness (QED) is 0.536. The lowest BCUT2D eigenvalue weighted by Gasteiger charge is -2.16. The number of rotatable bonds is 10. The standard InChI is InChI=1S/C18H30O2/c1-3-5-6-7-8-9-10-11-15(4-2)17-13-12-16(19)14-18(17)20/h12-15,19-20H,3-11H2,1-2H3. The largest absolute Gasteiger partial charge is 0.508 e. The smallest absolute Gasteiger partial charge is 0.122 e. The predicted octanol–water partition coefficient (Wildman–Crippen LogP) is 5.73. The molecule has 0 bridgehead atoms. The lowest BCUT2D eigenvalue weighted by atomic mass is 9.90. The molecule has 0 saturated heterocycles. The fourth-order valence-corrected chi connectivity index (χ4v) is 2.80. The Morgan fingerprint density at radius 1 is 0.900 bits per heavy atom. The highest BCUT2D eigenvalue weighted by molar-refractivity contribution is 5.40. The highest BCUT2D eigenvalue weighted by atomic mass is 16.3. The molecule has 114 valence electrons. The first-order valence-corrected chi connectivity index (χ1v) is 8.20. The minimum absolute atomic E-state index is 0.136. The predicted molar refractivity (Wildman–Crippen MR) is 85.4 cm³/mol. The van der Waals surface area contributed by atoms with E-state index in [0.717, 1.165) is 18.4 Å². The van der Waals surface area contributed by atoms with Crippen molar-refractivity contribution in [1.29, 1.82) is 0 Å². The van der Waals surface area contributed by atoms with Gasteiger partial charge in [-0.15, -0.1) is 0 Å². The zero-order chi connectivity index (χ0) is 14.8. The minimum atomic E-state index is 0.136. The molecule has 0 aliphatic rings. The van der Waals surface area contributed by atoms with E-state index in [1.807, 2.05) is 6.07 Å². The number of unbranched alkanes of at least 4 members (excludes halogenated alkanes) is 6. The van der Waals surface area contributed by atoms with E-state index in [-0.39, 0.29) is 11.5 Å². The molecule has 1 unspecified atom stereocenters. The fourth-order valence-electron chi connectivity index (χ4n) is 2.80. The van der Waals surface area contributed by atoms with Crippen molar-refractivity contribution in [1.82, 2.24) is 0 Å². The summed E-state index contributed by atoms with van der Waals surface area (Å²) < 4.78 is 0. The molecule has 20 heavy (non-hydrogen) atoms. The average molecular weight is 278 g/mol. The number of hydrogen-bond donors (Lipinski definition) is 2. The maximum Gasteiger partial charge on any atom is 0.122 e. The summed E-state index contributed by atoms with van der Waals surface area (Å²) in [7, 11) is 0. The Hall–Kier alpha value is -1.18. The van der Waals surface area contributed by atoms with Gasteiger partial charge in [0, 0.05) is 6.07 Å². The average Bonchev–Trinajstić information content (AvgIpc) is 2.43. The van der Waals surface area contributed by atoms with E-state index >= 15 is 0 Å². The van der Waals surface area contributed by atoms with Crippen molar-refractivity contribution < 1.29 is 10.2 Å². The van der Waals surface area contributed by atoms with Crippen LogP contribution in [0, 0.1) is 0 Å². The van der Waals surface area contributed by atoms with Crippen LogP contribution in [0.15, 0.2) is 18.2 Å². The monoisotopic (exact) mass is 278 g/mol. The van der Waals surface area contributed by atoms with Crippen LogP contribution in [-0.2, 0) is 0 Å². The van der Waals surface area contributed by atoms with E-state index in [2.05, 4.69) is 13.8 Å². The van der Waals surface area contributed by atoms with Crippen molar-refractivity contribution in [3.63, 3.8) is 0 Å². The Morgan fingerprint density at radius 2 is 1.55 bits per heavy atom. The second-order valence-electron chi connectivity index (χ2n) is 5.76. The van der Waals surface area contributed by atoms with Crippen molar-refractivity contribution in [2.24, 2.45) is 0 Å². The number of phenols is 2. The van der Waals surface area contributed by atoms with Crippen molar-refractivity contribution in [3.8, 4) is 11.5 Å². The number of aromatic hydroxyl groups is 2. The summed E-state index contributed by atoms with van der Waals surface area (Å²) in [5, 5.41) is 19.3. The summed E-state index contributed by atoms with van der Waals surface area (Å²) in [6.45, 7) is 4.41. The molecule has 2 nitrogen and oxygen atoms in total. The topological polar surface area (TPSA) is 40.5 Å². The molecule has 2 N–H and O–H groups in total. The molecular formula is C18H30O2. The van der Waals surface area contributed by atoms with E-state index < -0.39 is 0 Å². The van der Waals surface area contributed by atoms with Crippen LogP contribution in [0.2, 0.25) is 0 Å². The van der Waals surface area contributed by atoms with Crippen LogP contribution < -0.4 is 0 Å². The van der Waals surface area contributed by atoms with Crippen LogP contribution >= 0.6 is 0 Å². The molecule has 1 rings (SSSR count). The van der Waals surface area contributed by atoms with Gasteiger partial charge in [-0.3, -0.25) is 0 Å². The molecule has 1 atom stereocenters. The molecule has 1 aromatic carbocycles. The Kier molecular flexibility index (Phi) is 8.17. The Balaban J connectivity index is 2.32. The van der Waals surface area contributed by atoms with Gasteiger partial charge in [0.25, 0.3) is 0 Å². The molecule has 2 heteroatoms. The molecule has 0 amide bonds. The van der Waals surface area contributed by atoms with Gasteiger partial charge in [0.15, 0.2) is 0 Å². The van der Waals surface area contributed by atoms with Gasteiger partial charge in [0.05, 0.1) is 0 Å². The van der Waals surface area contributed by atoms with Crippen LogP contribution in [0.5, 0.6) is 11.5 Å². The lowest BCUT2D eigenvalue weighted by molar-refractivity contribution is 0.434. The third-order valence-corrected chi connectivity index (χ3v) is 4.10. The van der Waals surface area contributed by atoms with Crippen LogP contribution in [-0.4, -0.2) is 10.2 Å². The molecule has 0 radical (unpaired) electrons. The van der Waals surface area contributed by atoms with Crippen LogP contribution in [0.1, 0.15) is 83.1 Å². The molecule has 0 aliphatic heterocycles. The van der Waals surface area contributed by atoms with Crippen molar-refractivity contribution in [2.75, 3.05) is 0 Å². The van der Waals surface area contributed by atoms with Crippen LogP contribution in [0.25, 0.3) is 0 Å². The Labute approximate surface area is 123 Å². The first kappa shape index (κ1) is 16.9. The molecule has 0 fully saturated rings. The van der Waals surface area contributed by atoms with Crippen molar-refractivity contribution in [2.45, 2.75) is 77.6 Å². The fraction of sp³-hybridized carbons (Fsp3) is 0.667. The summed E-state index contributed by atoms with van der Waals surface area (Å²) in [5.74, 6) is 0.781. The zero-order valence-corrected chi connectivity index (χ0v) is 13.1. The first-order valence-electron chi connectivity index (χ1n) is 8.20. The lowest BCUT2D eigenvalue weighted by Crippen LogP contribution is -1.98. The molecule has 0 saturated carbocycles. The van der Waals surface area contributed by atoms with Gasteiger partial charge in [0.1, 0.15) is 11.5 Å². The van der Waals surface area contributed by atoms with E-state index in [1.165, 1.54) is 51.0 Å². The first-order chi connectivity index (χ1) is 9.69. The third-order valence-electron chi connectivity index (χ3n) is 4.10. The maximum atomic E-state index is 9.93. The summed E-state index contributed by atoms with van der Waals surface area (Å²) in [5.41, 5.74) is 0.983. The summed E-state index contributed by atoms with van der Waals surface area (Å²) in [6, 6.07) is 4.98. The molecule has 0 aliphatic carbocycles. The van der Waals surface area contributed by atoms with Gasteiger partial charge in [-0.05, 0) is 30.4 Å². The minimum Gasteiger partial charge on any atom is -0.508 e. The van der Waals surface area contributed by atoms with E-state index in [4.69, 9.17) is 0 Å². The van der Waals surface area contributed by atoms with Crippen molar-refractivity contribution >= 4 is 0 Å². The molecule has 1 aromatic rings. The summed E-state index contributed by atoms with van der Waals surface area (Å²) in [6.07, 6.45) is 11.4. The highest BCUT2D eigenvalue weighted by Gasteiger charge is 2.13. The van der Waals surface area contributed by atoms with Crippen LogP contribution in [0.4, 0.5) is 0 Å². The summed E-state index contributed by atoms with van der Waals surface area (Å²) >= 11 is 0. The van der Waals surface area contributed by atoms with E-state index in [9.17, 15) is 10.2 Å². The molecule has 0 heterocycles. The normalized spacial score (nSPS) is 12.5. The molecular weight excluding hydrogens is 248 g/mol. The second kappa shape index (κ2) is 9.68. The molecule has 0 spiro atoms. The van der Waals surface area contributed by atoms with Gasteiger partial charge in [-0.2, -0.15) is 0 Å². The Morgan fingerprint density at radius 3 is 2.15 bits per heavy atom. The van der Waals surface area contributed by atoms with E-state index in [0.29, 0.717) is 5.92 Å². The van der Waals surface area contributed by atoms with Crippen LogP contribution in [0.3, 0.4) is 0 Å².